The average Bonchev–Trinajstić information content (AvgIpc) is 2.57. The maximum absolute atomic E-state index is 13.5. The smallest absolute Gasteiger partial charge is 0.262 e. The molecule has 0 saturated carbocycles. The number of fused-ring (bicyclic) bond motifs is 1. The van der Waals surface area contributed by atoms with Crippen molar-refractivity contribution in [3.8, 4) is 5.75 Å². The van der Waals surface area contributed by atoms with E-state index in [2.05, 4.69) is 10.3 Å². The Labute approximate surface area is 141 Å². The maximum Gasteiger partial charge on any atom is 0.262 e. The molecule has 0 aliphatic rings. The summed E-state index contributed by atoms with van der Waals surface area (Å²) in [5.74, 6) is -1.79. The summed E-state index contributed by atoms with van der Waals surface area (Å²) in [4.78, 5) is 16.1. The van der Waals surface area contributed by atoms with Gasteiger partial charge in [-0.3, -0.25) is 9.78 Å². The summed E-state index contributed by atoms with van der Waals surface area (Å²) < 4.78 is 31.8. The Morgan fingerprint density at radius 3 is 2.83 bits per heavy atom. The Balaban J connectivity index is 1.72. The molecule has 122 valence electrons. The van der Waals surface area contributed by atoms with Crippen LogP contribution in [0.4, 0.5) is 14.5 Å². The normalized spacial score (nSPS) is 10.6. The van der Waals surface area contributed by atoms with Gasteiger partial charge in [-0.05, 0) is 36.4 Å². The van der Waals surface area contributed by atoms with Crippen LogP contribution >= 0.6 is 11.6 Å². The summed E-state index contributed by atoms with van der Waals surface area (Å²) in [6.45, 7) is -0.357. The van der Waals surface area contributed by atoms with E-state index in [4.69, 9.17) is 16.3 Å². The number of hydrogen-bond acceptors (Lipinski definition) is 3. The van der Waals surface area contributed by atoms with Crippen LogP contribution in [0.5, 0.6) is 5.75 Å². The monoisotopic (exact) mass is 348 g/mol. The molecule has 2 aromatic carbocycles. The SMILES string of the molecule is O=C(COc1ccc(Cl)c2cccnc12)Nc1ccc(F)cc1F. The van der Waals surface area contributed by atoms with E-state index in [0.717, 1.165) is 12.1 Å². The number of anilines is 1. The first-order valence-electron chi connectivity index (χ1n) is 6.95. The van der Waals surface area contributed by atoms with Crippen molar-refractivity contribution in [1.82, 2.24) is 4.98 Å². The van der Waals surface area contributed by atoms with Gasteiger partial charge in [0, 0.05) is 17.6 Å². The van der Waals surface area contributed by atoms with Crippen LogP contribution < -0.4 is 10.1 Å². The molecule has 0 saturated heterocycles. The third kappa shape index (κ3) is 3.44. The van der Waals surface area contributed by atoms with E-state index in [0.29, 0.717) is 27.7 Å². The van der Waals surface area contributed by atoms with E-state index in [9.17, 15) is 13.6 Å². The minimum Gasteiger partial charge on any atom is -0.481 e. The van der Waals surface area contributed by atoms with Gasteiger partial charge in [0.15, 0.2) is 6.61 Å². The lowest BCUT2D eigenvalue weighted by Crippen LogP contribution is -2.21. The van der Waals surface area contributed by atoms with Gasteiger partial charge in [-0.1, -0.05) is 11.6 Å². The summed E-state index contributed by atoms with van der Waals surface area (Å²) in [6.07, 6.45) is 1.58. The molecule has 0 spiro atoms. The molecule has 0 aliphatic heterocycles. The fourth-order valence-corrected chi connectivity index (χ4v) is 2.36. The van der Waals surface area contributed by atoms with Crippen LogP contribution in [0, 0.1) is 11.6 Å². The number of aromatic nitrogens is 1. The van der Waals surface area contributed by atoms with Crippen molar-refractivity contribution in [3.05, 3.63) is 65.3 Å². The lowest BCUT2D eigenvalue weighted by molar-refractivity contribution is -0.118. The van der Waals surface area contributed by atoms with Crippen LogP contribution in [-0.4, -0.2) is 17.5 Å². The highest BCUT2D eigenvalue weighted by atomic mass is 35.5. The molecule has 0 atom stereocenters. The number of nitrogens with zero attached hydrogens (tertiary/aromatic N) is 1. The zero-order valence-corrected chi connectivity index (χ0v) is 13.0. The van der Waals surface area contributed by atoms with Crippen molar-refractivity contribution in [2.45, 2.75) is 0 Å². The second-order valence-corrected chi connectivity index (χ2v) is 5.31. The number of rotatable bonds is 4. The van der Waals surface area contributed by atoms with Crippen molar-refractivity contribution >= 4 is 34.1 Å². The predicted octanol–water partition coefficient (Wildman–Crippen LogP) is 4.18. The number of nitrogens with one attached hydrogen (secondary N) is 1. The van der Waals surface area contributed by atoms with Gasteiger partial charge in [0.05, 0.1) is 10.7 Å². The second-order valence-electron chi connectivity index (χ2n) is 4.91. The molecule has 3 rings (SSSR count). The van der Waals surface area contributed by atoms with Crippen LogP contribution in [0.2, 0.25) is 5.02 Å². The number of carbonyl (C=O) groups excluding carboxylic acids is 1. The van der Waals surface area contributed by atoms with Gasteiger partial charge in [0.2, 0.25) is 0 Å². The quantitative estimate of drug-likeness (QED) is 0.769. The molecule has 1 heterocycles. The molecule has 4 nitrogen and oxygen atoms in total. The van der Waals surface area contributed by atoms with Crippen molar-refractivity contribution < 1.29 is 18.3 Å². The Bertz CT molecular complexity index is 918. The number of ether oxygens (including phenoxy) is 1. The van der Waals surface area contributed by atoms with E-state index in [1.807, 2.05) is 0 Å². The zero-order chi connectivity index (χ0) is 17.1. The molecule has 1 amide bonds. The number of pyridine rings is 1. The van der Waals surface area contributed by atoms with E-state index < -0.39 is 17.5 Å². The van der Waals surface area contributed by atoms with Gasteiger partial charge in [0.25, 0.3) is 5.91 Å². The molecule has 0 aliphatic carbocycles. The molecular formula is C17H11ClF2N2O2. The van der Waals surface area contributed by atoms with Gasteiger partial charge >= 0.3 is 0 Å². The number of carbonyl (C=O) groups is 1. The zero-order valence-electron chi connectivity index (χ0n) is 12.2. The first-order chi connectivity index (χ1) is 11.5. The van der Waals surface area contributed by atoms with Crippen LogP contribution in [0.15, 0.2) is 48.7 Å². The highest BCUT2D eigenvalue weighted by molar-refractivity contribution is 6.35. The lowest BCUT2D eigenvalue weighted by Gasteiger charge is -2.10. The standard InChI is InChI=1S/C17H11ClF2N2O2/c18-12-4-6-15(17-11(12)2-1-7-21-17)24-9-16(23)22-14-5-3-10(19)8-13(14)20/h1-8H,9H2,(H,22,23). The topological polar surface area (TPSA) is 51.2 Å². The molecule has 24 heavy (non-hydrogen) atoms. The first kappa shape index (κ1) is 16.1. The van der Waals surface area contributed by atoms with Crippen molar-refractivity contribution in [2.24, 2.45) is 0 Å². The van der Waals surface area contributed by atoms with Crippen LogP contribution in [0.25, 0.3) is 10.9 Å². The number of halogens is 3. The third-order valence-electron chi connectivity index (χ3n) is 3.24. The Morgan fingerprint density at radius 1 is 1.21 bits per heavy atom. The minimum atomic E-state index is -0.859. The van der Waals surface area contributed by atoms with E-state index in [1.165, 1.54) is 0 Å². The van der Waals surface area contributed by atoms with Crippen LogP contribution in [0.1, 0.15) is 0 Å². The van der Waals surface area contributed by atoms with E-state index >= 15 is 0 Å². The van der Waals surface area contributed by atoms with E-state index in [1.54, 1.807) is 30.5 Å². The summed E-state index contributed by atoms with van der Waals surface area (Å²) >= 11 is 6.08. The largest absolute Gasteiger partial charge is 0.481 e. The van der Waals surface area contributed by atoms with Crippen molar-refractivity contribution in [3.63, 3.8) is 0 Å². The molecule has 1 aromatic heterocycles. The lowest BCUT2D eigenvalue weighted by atomic mass is 10.2. The number of hydrogen-bond donors (Lipinski definition) is 1. The summed E-state index contributed by atoms with van der Waals surface area (Å²) in [6, 6.07) is 9.64. The highest BCUT2D eigenvalue weighted by Crippen LogP contribution is 2.29. The Morgan fingerprint density at radius 2 is 2.04 bits per heavy atom. The molecule has 3 aromatic rings. The van der Waals surface area contributed by atoms with Gasteiger partial charge in [-0.25, -0.2) is 8.78 Å². The summed E-state index contributed by atoms with van der Waals surface area (Å²) in [5, 5.41) is 3.53. The van der Waals surface area contributed by atoms with Gasteiger partial charge < -0.3 is 10.1 Å². The fraction of sp³-hybridized carbons (Fsp3) is 0.0588. The Hall–Kier alpha value is -2.73. The predicted molar refractivity (Wildman–Crippen MR) is 87.2 cm³/mol. The van der Waals surface area contributed by atoms with Gasteiger partial charge in [0.1, 0.15) is 22.9 Å². The molecule has 0 fully saturated rings. The molecule has 0 radical (unpaired) electrons. The summed E-state index contributed by atoms with van der Waals surface area (Å²) in [7, 11) is 0. The molecule has 0 unspecified atom stereocenters. The van der Waals surface area contributed by atoms with Crippen LogP contribution in [0.3, 0.4) is 0 Å². The summed E-state index contributed by atoms with van der Waals surface area (Å²) in [5.41, 5.74) is 0.398. The highest BCUT2D eigenvalue weighted by Gasteiger charge is 2.11. The first-order valence-corrected chi connectivity index (χ1v) is 7.33. The number of amides is 1. The molecule has 1 N–H and O–H groups in total. The van der Waals surface area contributed by atoms with Crippen molar-refractivity contribution in [1.29, 1.82) is 0 Å². The van der Waals surface area contributed by atoms with Crippen LogP contribution in [-0.2, 0) is 4.79 Å². The maximum atomic E-state index is 13.5. The van der Waals surface area contributed by atoms with Crippen molar-refractivity contribution in [2.75, 3.05) is 11.9 Å². The van der Waals surface area contributed by atoms with Gasteiger partial charge in [-0.2, -0.15) is 0 Å². The third-order valence-corrected chi connectivity index (χ3v) is 3.57. The fourth-order valence-electron chi connectivity index (χ4n) is 2.15. The molecule has 0 bridgehead atoms. The van der Waals surface area contributed by atoms with Gasteiger partial charge in [-0.15, -0.1) is 0 Å². The molecule has 7 heteroatoms. The second kappa shape index (κ2) is 6.80. The van der Waals surface area contributed by atoms with E-state index in [-0.39, 0.29) is 12.3 Å². The average molecular weight is 349 g/mol. The number of benzene rings is 2. The molecular weight excluding hydrogens is 338 g/mol. The Kier molecular flexibility index (Phi) is 4.57. The minimum absolute atomic E-state index is 0.121.